The number of hydrogen-bond donors (Lipinski definition) is 2. The van der Waals surface area contributed by atoms with Gasteiger partial charge in [-0.05, 0) is 55.6 Å². The van der Waals surface area contributed by atoms with Crippen LogP contribution in [0.5, 0.6) is 0 Å². The maximum Gasteiger partial charge on any atom is 0.170 e. The molecule has 1 atom stereocenters. The Kier molecular flexibility index (Phi) is 6.41. The molecule has 0 bridgehead atoms. The number of aryl methyl sites for hydroxylation is 2. The van der Waals surface area contributed by atoms with Crippen LogP contribution in [0.3, 0.4) is 0 Å². The molecular weight excluding hydrogens is 288 g/mol. The average Bonchev–Trinajstić information content (AvgIpc) is 2.54. The summed E-state index contributed by atoms with van der Waals surface area (Å²) in [7, 11) is 0. The fourth-order valence-electron chi connectivity index (χ4n) is 2.43. The fraction of sp³-hybridized carbons (Fsp3) is 0.316. The number of thiocarbonyl (C=S) groups is 1. The highest BCUT2D eigenvalue weighted by molar-refractivity contribution is 7.80. The molecule has 0 saturated heterocycles. The van der Waals surface area contributed by atoms with Gasteiger partial charge in [0.2, 0.25) is 0 Å². The van der Waals surface area contributed by atoms with Crippen molar-refractivity contribution in [2.75, 3.05) is 5.32 Å². The number of para-hydroxylation sites is 1. The Labute approximate surface area is 139 Å². The molecule has 116 valence electrons. The maximum atomic E-state index is 5.43. The lowest BCUT2D eigenvalue weighted by atomic mass is 10.1. The van der Waals surface area contributed by atoms with Gasteiger partial charge in [0.15, 0.2) is 5.11 Å². The van der Waals surface area contributed by atoms with E-state index < -0.39 is 0 Å². The van der Waals surface area contributed by atoms with Gasteiger partial charge in [0.05, 0.1) is 0 Å². The van der Waals surface area contributed by atoms with E-state index in [2.05, 4.69) is 73.0 Å². The Morgan fingerprint density at radius 3 is 2.45 bits per heavy atom. The summed E-state index contributed by atoms with van der Waals surface area (Å²) in [6, 6.07) is 19.2. The molecule has 0 aromatic heterocycles. The van der Waals surface area contributed by atoms with Gasteiger partial charge in [0, 0.05) is 11.7 Å². The molecular formula is C19H24N2S. The van der Waals surface area contributed by atoms with Crippen molar-refractivity contribution < 1.29 is 0 Å². The van der Waals surface area contributed by atoms with E-state index in [1.54, 1.807) is 0 Å². The molecule has 0 heterocycles. The molecule has 2 aromatic carbocycles. The minimum Gasteiger partial charge on any atom is -0.360 e. The van der Waals surface area contributed by atoms with Crippen molar-refractivity contribution in [3.05, 3.63) is 65.7 Å². The molecule has 22 heavy (non-hydrogen) atoms. The number of nitrogens with one attached hydrogen (secondary N) is 2. The molecule has 2 N–H and O–H groups in total. The van der Waals surface area contributed by atoms with Gasteiger partial charge in [-0.25, -0.2) is 0 Å². The molecule has 0 amide bonds. The van der Waals surface area contributed by atoms with Crippen LogP contribution >= 0.6 is 12.2 Å². The zero-order valence-electron chi connectivity index (χ0n) is 13.3. The van der Waals surface area contributed by atoms with Crippen LogP contribution in [0.25, 0.3) is 0 Å². The van der Waals surface area contributed by atoms with E-state index in [0.29, 0.717) is 11.2 Å². The molecule has 0 aliphatic carbocycles. The van der Waals surface area contributed by atoms with E-state index in [1.807, 2.05) is 6.07 Å². The predicted molar refractivity (Wildman–Crippen MR) is 99.4 cm³/mol. The second kappa shape index (κ2) is 8.54. The van der Waals surface area contributed by atoms with Crippen molar-refractivity contribution in [1.82, 2.24) is 5.32 Å². The van der Waals surface area contributed by atoms with Crippen molar-refractivity contribution in [1.29, 1.82) is 0 Å². The van der Waals surface area contributed by atoms with Gasteiger partial charge in [0.25, 0.3) is 0 Å². The fourth-order valence-corrected chi connectivity index (χ4v) is 2.74. The maximum absolute atomic E-state index is 5.43. The Morgan fingerprint density at radius 1 is 1.05 bits per heavy atom. The molecule has 3 heteroatoms. The average molecular weight is 312 g/mol. The second-order valence-corrected chi connectivity index (χ2v) is 5.94. The quantitative estimate of drug-likeness (QED) is 0.765. The van der Waals surface area contributed by atoms with Gasteiger partial charge in [0.1, 0.15) is 0 Å². The molecule has 0 aliphatic rings. The van der Waals surface area contributed by atoms with Crippen LogP contribution in [0.15, 0.2) is 54.6 Å². The summed E-state index contributed by atoms with van der Waals surface area (Å²) in [5.41, 5.74) is 3.74. The van der Waals surface area contributed by atoms with Crippen molar-refractivity contribution in [2.24, 2.45) is 0 Å². The van der Waals surface area contributed by atoms with E-state index in [4.69, 9.17) is 12.2 Å². The molecule has 0 saturated carbocycles. The number of rotatable bonds is 6. The predicted octanol–water partition coefficient (Wildman–Crippen LogP) is 4.56. The van der Waals surface area contributed by atoms with E-state index in [0.717, 1.165) is 24.9 Å². The Hall–Kier alpha value is -1.87. The molecule has 2 nitrogen and oxygen atoms in total. The first-order valence-corrected chi connectivity index (χ1v) is 8.29. The van der Waals surface area contributed by atoms with Gasteiger partial charge in [-0.15, -0.1) is 0 Å². The SMILES string of the molecule is CCc1ccccc1NC(=S)N[C@@H](C)CCc1ccccc1. The second-order valence-electron chi connectivity index (χ2n) is 5.53. The summed E-state index contributed by atoms with van der Waals surface area (Å²) >= 11 is 5.43. The largest absolute Gasteiger partial charge is 0.360 e. The van der Waals surface area contributed by atoms with Crippen LogP contribution in [-0.4, -0.2) is 11.2 Å². The molecule has 0 spiro atoms. The van der Waals surface area contributed by atoms with E-state index in [1.165, 1.54) is 11.1 Å². The van der Waals surface area contributed by atoms with Crippen molar-refractivity contribution in [2.45, 2.75) is 39.2 Å². The lowest BCUT2D eigenvalue weighted by Gasteiger charge is -2.18. The van der Waals surface area contributed by atoms with Crippen molar-refractivity contribution in [3.8, 4) is 0 Å². The van der Waals surface area contributed by atoms with Gasteiger partial charge < -0.3 is 10.6 Å². The summed E-state index contributed by atoms with van der Waals surface area (Å²) in [5.74, 6) is 0. The topological polar surface area (TPSA) is 24.1 Å². The van der Waals surface area contributed by atoms with E-state index >= 15 is 0 Å². The molecule has 2 aromatic rings. The van der Waals surface area contributed by atoms with Crippen LogP contribution in [0.2, 0.25) is 0 Å². The van der Waals surface area contributed by atoms with Gasteiger partial charge in [-0.2, -0.15) is 0 Å². The van der Waals surface area contributed by atoms with Gasteiger partial charge in [-0.1, -0.05) is 55.5 Å². The van der Waals surface area contributed by atoms with Crippen LogP contribution in [-0.2, 0) is 12.8 Å². The number of benzene rings is 2. The minimum absolute atomic E-state index is 0.342. The Bertz CT molecular complexity index is 595. The normalized spacial score (nSPS) is 11.7. The number of hydrogen-bond acceptors (Lipinski definition) is 1. The van der Waals surface area contributed by atoms with E-state index in [-0.39, 0.29) is 0 Å². The monoisotopic (exact) mass is 312 g/mol. The molecule has 0 unspecified atom stereocenters. The Morgan fingerprint density at radius 2 is 1.73 bits per heavy atom. The highest BCUT2D eigenvalue weighted by atomic mass is 32.1. The molecule has 0 radical (unpaired) electrons. The summed E-state index contributed by atoms with van der Waals surface area (Å²) in [5, 5.41) is 7.38. The first-order chi connectivity index (χ1) is 10.7. The first kappa shape index (κ1) is 16.5. The van der Waals surface area contributed by atoms with E-state index in [9.17, 15) is 0 Å². The number of anilines is 1. The third-order valence-corrected chi connectivity index (χ3v) is 3.95. The zero-order valence-corrected chi connectivity index (χ0v) is 14.1. The summed E-state index contributed by atoms with van der Waals surface area (Å²) in [6.45, 7) is 4.32. The lowest BCUT2D eigenvalue weighted by molar-refractivity contribution is 0.609. The van der Waals surface area contributed by atoms with Crippen LogP contribution in [0.4, 0.5) is 5.69 Å². The molecule has 2 rings (SSSR count). The summed E-state index contributed by atoms with van der Waals surface area (Å²) in [4.78, 5) is 0. The van der Waals surface area contributed by atoms with Crippen molar-refractivity contribution >= 4 is 23.0 Å². The highest BCUT2D eigenvalue weighted by Gasteiger charge is 2.06. The van der Waals surface area contributed by atoms with Crippen molar-refractivity contribution in [3.63, 3.8) is 0 Å². The van der Waals surface area contributed by atoms with Gasteiger partial charge in [-0.3, -0.25) is 0 Å². The smallest absolute Gasteiger partial charge is 0.170 e. The zero-order chi connectivity index (χ0) is 15.8. The molecule has 0 aliphatic heterocycles. The third kappa shape index (κ3) is 5.15. The van der Waals surface area contributed by atoms with Crippen LogP contribution in [0, 0.1) is 0 Å². The first-order valence-electron chi connectivity index (χ1n) is 7.88. The standard InChI is InChI=1S/C19H24N2S/c1-3-17-11-7-8-12-18(17)21-19(22)20-15(2)13-14-16-9-5-4-6-10-16/h4-12,15H,3,13-14H2,1-2H3,(H2,20,21,22)/t15-/m0/s1. The Balaban J connectivity index is 1.81. The highest BCUT2D eigenvalue weighted by Crippen LogP contribution is 2.15. The summed E-state index contributed by atoms with van der Waals surface area (Å²) in [6.07, 6.45) is 3.11. The van der Waals surface area contributed by atoms with Gasteiger partial charge >= 0.3 is 0 Å². The summed E-state index contributed by atoms with van der Waals surface area (Å²) < 4.78 is 0. The lowest BCUT2D eigenvalue weighted by Crippen LogP contribution is -2.36. The molecule has 0 fully saturated rings. The van der Waals surface area contributed by atoms with Crippen LogP contribution in [0.1, 0.15) is 31.4 Å². The third-order valence-electron chi connectivity index (χ3n) is 3.73. The minimum atomic E-state index is 0.342. The van der Waals surface area contributed by atoms with Crippen LogP contribution < -0.4 is 10.6 Å².